The van der Waals surface area contributed by atoms with Crippen LogP contribution in [0.25, 0.3) is 0 Å². The lowest BCUT2D eigenvalue weighted by Gasteiger charge is -2.34. The third-order valence-electron chi connectivity index (χ3n) is 5.13. The van der Waals surface area contributed by atoms with Gasteiger partial charge in [-0.2, -0.15) is 0 Å². The summed E-state index contributed by atoms with van der Waals surface area (Å²) in [7, 11) is 0. The average Bonchev–Trinajstić information content (AvgIpc) is 2.97. The van der Waals surface area contributed by atoms with Gasteiger partial charge < -0.3 is 14.2 Å². The van der Waals surface area contributed by atoms with Crippen LogP contribution in [0.1, 0.15) is 51.5 Å². The van der Waals surface area contributed by atoms with Crippen molar-refractivity contribution in [3.63, 3.8) is 0 Å². The number of allylic oxidation sites excluding steroid dienone is 1. The first-order valence-electron chi connectivity index (χ1n) is 8.41. The molecule has 4 heteroatoms. The van der Waals surface area contributed by atoms with E-state index in [1.54, 1.807) is 6.92 Å². The second kappa shape index (κ2) is 5.18. The zero-order chi connectivity index (χ0) is 16.1. The first-order valence-corrected chi connectivity index (χ1v) is 8.41. The van der Waals surface area contributed by atoms with Crippen LogP contribution in [-0.4, -0.2) is 17.7 Å². The highest BCUT2D eigenvalue weighted by Crippen LogP contribution is 2.56. The Hall–Kier alpha value is -1.65. The number of ether oxygens (including phenoxy) is 3. The number of hydrogen-bond acceptors (Lipinski definition) is 4. The Labute approximate surface area is 136 Å². The summed E-state index contributed by atoms with van der Waals surface area (Å²) in [6.45, 7) is 3.39. The van der Waals surface area contributed by atoms with E-state index in [0.717, 1.165) is 31.2 Å². The molecule has 0 radical (unpaired) electrons. The fourth-order valence-corrected chi connectivity index (χ4v) is 4.12. The van der Waals surface area contributed by atoms with Crippen LogP contribution in [0.3, 0.4) is 0 Å². The van der Waals surface area contributed by atoms with E-state index in [2.05, 4.69) is 0 Å². The summed E-state index contributed by atoms with van der Waals surface area (Å²) in [4.78, 5) is 12.2. The highest BCUT2D eigenvalue weighted by Gasteiger charge is 2.65. The Morgan fingerprint density at radius 2 is 1.83 bits per heavy atom. The number of fused-ring (bicyclic) bond motifs is 1. The molecule has 2 fully saturated rings. The summed E-state index contributed by atoms with van der Waals surface area (Å²) in [6.07, 6.45) is 4.58. The molecular weight excluding hydrogens is 292 g/mol. The molecule has 23 heavy (non-hydrogen) atoms. The summed E-state index contributed by atoms with van der Waals surface area (Å²) in [6, 6.07) is 9.84. The summed E-state index contributed by atoms with van der Waals surface area (Å²) >= 11 is 0. The topological polar surface area (TPSA) is 44.8 Å². The maximum absolute atomic E-state index is 12.2. The van der Waals surface area contributed by atoms with E-state index < -0.39 is 17.7 Å². The number of carbonyl (C=O) groups is 1. The molecule has 3 aliphatic rings. The second-order valence-corrected chi connectivity index (χ2v) is 6.73. The molecule has 1 aromatic rings. The zero-order valence-corrected chi connectivity index (χ0v) is 13.6. The predicted octanol–water partition coefficient (Wildman–Crippen LogP) is 3.81. The minimum Gasteiger partial charge on any atom is -0.459 e. The van der Waals surface area contributed by atoms with Gasteiger partial charge in [0.2, 0.25) is 0 Å². The van der Waals surface area contributed by atoms with Gasteiger partial charge >= 0.3 is 0 Å². The summed E-state index contributed by atoms with van der Waals surface area (Å²) in [5, 5.41) is 0. The molecule has 1 saturated heterocycles. The molecule has 0 N–H and O–H groups in total. The number of benzene rings is 1. The molecular formula is C19H22O4. The second-order valence-electron chi connectivity index (χ2n) is 6.73. The molecule has 4 nitrogen and oxygen atoms in total. The number of hydrogen-bond donors (Lipinski definition) is 0. The normalized spacial score (nSPS) is 32.0. The van der Waals surface area contributed by atoms with Gasteiger partial charge in [0, 0.05) is 18.4 Å². The van der Waals surface area contributed by atoms with Crippen LogP contribution in [0.15, 0.2) is 41.7 Å². The van der Waals surface area contributed by atoms with Gasteiger partial charge in [-0.1, -0.05) is 36.8 Å². The summed E-state index contributed by atoms with van der Waals surface area (Å²) < 4.78 is 19.1. The number of rotatable bonds is 2. The molecule has 0 bridgehead atoms. The lowest BCUT2D eigenvalue weighted by molar-refractivity contribution is -0.266. The Balaban J connectivity index is 1.80. The molecule has 4 rings (SSSR count). The van der Waals surface area contributed by atoms with Crippen LogP contribution < -0.4 is 0 Å². The van der Waals surface area contributed by atoms with Crippen molar-refractivity contribution in [2.45, 2.75) is 63.6 Å². The first-order chi connectivity index (χ1) is 11.1. The fraction of sp³-hybridized carbons (Fsp3) is 0.526. The van der Waals surface area contributed by atoms with Gasteiger partial charge in [-0.15, -0.1) is 0 Å². The molecule has 2 aliphatic heterocycles. The standard InChI is InChI=1S/C19H22O4/c1-13(20)16-14(2)21-19(15-9-5-3-6-10-15)17(16)22-18(23-19)11-7-4-8-12-18/h3,5-6,9-10,17H,4,7-8,11-12H2,1-2H3/t17-,19-/m0/s1. The molecule has 2 heterocycles. The third kappa shape index (κ3) is 2.16. The van der Waals surface area contributed by atoms with E-state index in [1.165, 1.54) is 6.42 Å². The van der Waals surface area contributed by atoms with Gasteiger partial charge in [-0.3, -0.25) is 4.79 Å². The van der Waals surface area contributed by atoms with Gasteiger partial charge in [0.25, 0.3) is 5.79 Å². The molecule has 0 aromatic heterocycles. The first kappa shape index (κ1) is 14.9. The van der Waals surface area contributed by atoms with Crippen LogP contribution in [0.4, 0.5) is 0 Å². The predicted molar refractivity (Wildman–Crippen MR) is 84.4 cm³/mol. The van der Waals surface area contributed by atoms with Crippen molar-refractivity contribution in [1.29, 1.82) is 0 Å². The van der Waals surface area contributed by atoms with Crippen LogP contribution >= 0.6 is 0 Å². The largest absolute Gasteiger partial charge is 0.459 e. The van der Waals surface area contributed by atoms with Crippen molar-refractivity contribution in [1.82, 2.24) is 0 Å². The molecule has 1 aromatic carbocycles. The lowest BCUT2D eigenvalue weighted by atomic mass is 9.94. The van der Waals surface area contributed by atoms with Gasteiger partial charge in [-0.05, 0) is 26.7 Å². The quantitative estimate of drug-likeness (QED) is 0.832. The van der Waals surface area contributed by atoms with Gasteiger partial charge in [0.1, 0.15) is 5.76 Å². The van der Waals surface area contributed by atoms with E-state index in [4.69, 9.17) is 14.2 Å². The fourth-order valence-electron chi connectivity index (χ4n) is 4.12. The molecule has 2 atom stereocenters. The zero-order valence-electron chi connectivity index (χ0n) is 13.6. The van der Waals surface area contributed by atoms with Crippen LogP contribution in [0.2, 0.25) is 0 Å². The van der Waals surface area contributed by atoms with E-state index in [1.807, 2.05) is 37.3 Å². The van der Waals surface area contributed by atoms with Crippen molar-refractivity contribution in [2.75, 3.05) is 0 Å². The van der Waals surface area contributed by atoms with Crippen LogP contribution in [0, 0.1) is 0 Å². The van der Waals surface area contributed by atoms with Gasteiger partial charge in [-0.25, -0.2) is 0 Å². The van der Waals surface area contributed by atoms with E-state index in [-0.39, 0.29) is 5.78 Å². The molecule has 0 unspecified atom stereocenters. The van der Waals surface area contributed by atoms with Crippen molar-refractivity contribution in [2.24, 2.45) is 0 Å². The van der Waals surface area contributed by atoms with Crippen molar-refractivity contribution in [3.05, 3.63) is 47.2 Å². The summed E-state index contributed by atoms with van der Waals surface area (Å²) in [5.74, 6) is -1.05. The third-order valence-corrected chi connectivity index (χ3v) is 5.13. The van der Waals surface area contributed by atoms with Crippen molar-refractivity contribution in [3.8, 4) is 0 Å². The monoisotopic (exact) mass is 314 g/mol. The van der Waals surface area contributed by atoms with Gasteiger partial charge in [0.05, 0.1) is 5.57 Å². The van der Waals surface area contributed by atoms with E-state index >= 15 is 0 Å². The smallest absolute Gasteiger partial charge is 0.270 e. The molecule has 1 aliphatic carbocycles. The summed E-state index contributed by atoms with van der Waals surface area (Å²) in [5.41, 5.74) is 1.51. The molecule has 0 amide bonds. The van der Waals surface area contributed by atoms with E-state index in [9.17, 15) is 4.79 Å². The number of Topliss-reactive ketones (excluding diaryl/α,β-unsaturated/α-hetero) is 1. The van der Waals surface area contributed by atoms with Gasteiger partial charge in [0.15, 0.2) is 17.7 Å². The highest BCUT2D eigenvalue weighted by molar-refractivity contribution is 5.95. The van der Waals surface area contributed by atoms with Crippen molar-refractivity contribution >= 4 is 5.78 Å². The van der Waals surface area contributed by atoms with Crippen molar-refractivity contribution < 1.29 is 19.0 Å². The Morgan fingerprint density at radius 3 is 2.48 bits per heavy atom. The number of carbonyl (C=O) groups excluding carboxylic acids is 1. The van der Waals surface area contributed by atoms with E-state index in [0.29, 0.717) is 11.3 Å². The maximum Gasteiger partial charge on any atom is 0.270 e. The average molecular weight is 314 g/mol. The SMILES string of the molecule is CC(=O)C1=C(C)O[C@@]2(c3ccccc3)OC3(CCCCC3)O[C@@H]12. The Kier molecular flexibility index (Phi) is 3.36. The Bertz CT molecular complexity index is 657. The molecule has 122 valence electrons. The Morgan fingerprint density at radius 1 is 1.13 bits per heavy atom. The number of ketones is 1. The maximum atomic E-state index is 12.2. The minimum absolute atomic E-state index is 0.0123. The van der Waals surface area contributed by atoms with Crippen LogP contribution in [-0.2, 0) is 24.8 Å². The highest BCUT2D eigenvalue weighted by atomic mass is 16.8. The minimum atomic E-state index is -1.02. The molecule has 1 spiro atoms. The lowest BCUT2D eigenvalue weighted by Crippen LogP contribution is -2.38. The molecule has 1 saturated carbocycles. The van der Waals surface area contributed by atoms with Crippen LogP contribution in [0.5, 0.6) is 0 Å².